The number of hydrogen-bond donors (Lipinski definition) is 2. The zero-order chi connectivity index (χ0) is 16.0. The van der Waals surface area contributed by atoms with Crippen LogP contribution in [0.2, 0.25) is 0 Å². The van der Waals surface area contributed by atoms with Gasteiger partial charge in [0, 0.05) is 5.69 Å². The van der Waals surface area contributed by atoms with E-state index in [4.69, 9.17) is 4.74 Å². The van der Waals surface area contributed by atoms with E-state index in [-0.39, 0.29) is 5.91 Å². The number of carbonyl (C=O) groups is 2. The van der Waals surface area contributed by atoms with Crippen molar-refractivity contribution in [2.75, 3.05) is 5.32 Å². The summed E-state index contributed by atoms with van der Waals surface area (Å²) in [6.07, 6.45) is 2.56. The van der Waals surface area contributed by atoms with E-state index in [0.29, 0.717) is 0 Å². The minimum absolute atomic E-state index is 0.292. The summed E-state index contributed by atoms with van der Waals surface area (Å²) in [6, 6.07) is 3.99. The number of aryl methyl sites for hydroxylation is 3. The molecule has 0 spiro atoms. The molecule has 4 atom stereocenters. The van der Waals surface area contributed by atoms with Gasteiger partial charge in [-0.3, -0.25) is 9.59 Å². The van der Waals surface area contributed by atoms with Crippen LogP contribution in [0.1, 0.15) is 16.7 Å². The van der Waals surface area contributed by atoms with Gasteiger partial charge in [-0.1, -0.05) is 29.8 Å². The Bertz CT molecular complexity index is 656. The number of amides is 1. The topological polar surface area (TPSA) is 75.6 Å². The van der Waals surface area contributed by atoms with Crippen LogP contribution in [-0.4, -0.2) is 29.2 Å². The number of ether oxygens (including phenoxy) is 1. The normalized spacial score (nSPS) is 28.9. The van der Waals surface area contributed by atoms with Crippen LogP contribution in [0.25, 0.3) is 0 Å². The summed E-state index contributed by atoms with van der Waals surface area (Å²) in [7, 11) is 0. The number of aliphatic carboxylic acids is 1. The zero-order valence-corrected chi connectivity index (χ0v) is 12.8. The van der Waals surface area contributed by atoms with Gasteiger partial charge < -0.3 is 15.2 Å². The largest absolute Gasteiger partial charge is 0.481 e. The maximum absolute atomic E-state index is 12.6. The molecule has 2 aliphatic rings. The Kier molecular flexibility index (Phi) is 3.53. The van der Waals surface area contributed by atoms with Gasteiger partial charge in [0.15, 0.2) is 0 Å². The van der Waals surface area contributed by atoms with Crippen molar-refractivity contribution in [3.8, 4) is 0 Å². The van der Waals surface area contributed by atoms with Gasteiger partial charge in [-0.25, -0.2) is 0 Å². The summed E-state index contributed by atoms with van der Waals surface area (Å²) >= 11 is 0. The molecule has 3 rings (SSSR count). The maximum atomic E-state index is 12.6. The molecule has 22 heavy (non-hydrogen) atoms. The Morgan fingerprint density at radius 3 is 2.14 bits per heavy atom. The van der Waals surface area contributed by atoms with Crippen LogP contribution in [-0.2, 0) is 14.3 Å². The molecule has 1 aromatic rings. The number of rotatable bonds is 3. The van der Waals surface area contributed by atoms with E-state index in [1.165, 1.54) is 0 Å². The van der Waals surface area contributed by atoms with E-state index in [0.717, 1.165) is 22.4 Å². The van der Waals surface area contributed by atoms with Gasteiger partial charge >= 0.3 is 5.97 Å². The minimum Gasteiger partial charge on any atom is -0.481 e. The van der Waals surface area contributed by atoms with Gasteiger partial charge in [-0.05, 0) is 31.9 Å². The van der Waals surface area contributed by atoms with Crippen molar-refractivity contribution < 1.29 is 19.4 Å². The van der Waals surface area contributed by atoms with Crippen LogP contribution >= 0.6 is 0 Å². The third kappa shape index (κ3) is 2.31. The predicted octanol–water partition coefficient (Wildman–Crippen LogP) is 2.20. The Morgan fingerprint density at radius 1 is 1.05 bits per heavy atom. The maximum Gasteiger partial charge on any atom is 0.310 e. The lowest BCUT2D eigenvalue weighted by molar-refractivity contribution is -0.145. The average Bonchev–Trinajstić information content (AvgIpc) is 3.02. The fourth-order valence-electron chi connectivity index (χ4n) is 3.50. The van der Waals surface area contributed by atoms with Crippen molar-refractivity contribution in [2.24, 2.45) is 11.8 Å². The molecule has 116 valence electrons. The van der Waals surface area contributed by atoms with Crippen molar-refractivity contribution in [3.05, 3.63) is 41.0 Å². The van der Waals surface area contributed by atoms with Crippen molar-refractivity contribution in [3.63, 3.8) is 0 Å². The third-order valence-electron chi connectivity index (χ3n) is 4.41. The predicted molar refractivity (Wildman–Crippen MR) is 81.7 cm³/mol. The molecule has 5 heteroatoms. The Balaban J connectivity index is 1.86. The molecule has 0 saturated carbocycles. The first-order valence-corrected chi connectivity index (χ1v) is 7.34. The van der Waals surface area contributed by atoms with E-state index >= 15 is 0 Å². The van der Waals surface area contributed by atoms with Crippen LogP contribution in [0.3, 0.4) is 0 Å². The smallest absolute Gasteiger partial charge is 0.310 e. The molecule has 2 heterocycles. The van der Waals surface area contributed by atoms with Gasteiger partial charge in [-0.2, -0.15) is 0 Å². The lowest BCUT2D eigenvalue weighted by Crippen LogP contribution is -2.39. The molecule has 2 bridgehead atoms. The number of anilines is 1. The summed E-state index contributed by atoms with van der Waals surface area (Å²) in [6.45, 7) is 5.86. The van der Waals surface area contributed by atoms with Crippen molar-refractivity contribution in [1.82, 2.24) is 0 Å². The monoisotopic (exact) mass is 301 g/mol. The van der Waals surface area contributed by atoms with E-state index in [2.05, 4.69) is 5.32 Å². The molecule has 1 amide bonds. The highest BCUT2D eigenvalue weighted by Crippen LogP contribution is 2.40. The Hall–Kier alpha value is -2.14. The summed E-state index contributed by atoms with van der Waals surface area (Å²) in [5.74, 6) is -2.79. The first-order valence-electron chi connectivity index (χ1n) is 7.34. The third-order valence-corrected chi connectivity index (χ3v) is 4.41. The molecule has 0 radical (unpaired) electrons. The van der Waals surface area contributed by atoms with Crippen LogP contribution in [0.4, 0.5) is 5.69 Å². The van der Waals surface area contributed by atoms with Crippen molar-refractivity contribution in [1.29, 1.82) is 0 Å². The molecular weight excluding hydrogens is 282 g/mol. The highest BCUT2D eigenvalue weighted by atomic mass is 16.5. The first kappa shape index (κ1) is 14.8. The van der Waals surface area contributed by atoms with Gasteiger partial charge in [0.2, 0.25) is 5.91 Å². The quantitative estimate of drug-likeness (QED) is 0.839. The highest BCUT2D eigenvalue weighted by molar-refractivity contribution is 5.97. The minimum atomic E-state index is -0.991. The van der Waals surface area contributed by atoms with E-state index in [1.807, 2.05) is 32.9 Å². The number of nitrogens with one attached hydrogen (secondary N) is 1. The second-order valence-electron chi connectivity index (χ2n) is 6.10. The van der Waals surface area contributed by atoms with E-state index in [1.54, 1.807) is 12.2 Å². The van der Waals surface area contributed by atoms with Gasteiger partial charge in [0.1, 0.15) is 5.92 Å². The highest BCUT2D eigenvalue weighted by Gasteiger charge is 2.53. The van der Waals surface area contributed by atoms with Crippen LogP contribution in [0.15, 0.2) is 24.3 Å². The molecule has 1 saturated heterocycles. The number of carboxylic acid groups (broad SMARTS) is 1. The number of hydrogen-bond acceptors (Lipinski definition) is 3. The van der Waals surface area contributed by atoms with E-state index < -0.39 is 30.0 Å². The lowest BCUT2D eigenvalue weighted by Gasteiger charge is -2.22. The molecule has 2 N–H and O–H groups in total. The SMILES string of the molecule is Cc1cc(C)c(NC(=O)[C@@H]2[C@@H](C(=O)O)[C@H]3C=C[C@H]2O3)c(C)c1. The van der Waals surface area contributed by atoms with Gasteiger partial charge in [0.05, 0.1) is 18.1 Å². The Labute approximate surface area is 129 Å². The van der Waals surface area contributed by atoms with Crippen LogP contribution in [0.5, 0.6) is 0 Å². The molecule has 1 aromatic carbocycles. The summed E-state index contributed by atoms with van der Waals surface area (Å²) in [5.41, 5.74) is 3.82. The number of carboxylic acids is 1. The second kappa shape index (κ2) is 5.25. The zero-order valence-electron chi connectivity index (χ0n) is 12.8. The number of fused-ring (bicyclic) bond motifs is 2. The average molecular weight is 301 g/mol. The molecule has 0 aliphatic carbocycles. The van der Waals surface area contributed by atoms with E-state index in [9.17, 15) is 14.7 Å². The summed E-state index contributed by atoms with van der Waals surface area (Å²) in [4.78, 5) is 24.1. The number of benzene rings is 1. The summed E-state index contributed by atoms with van der Waals surface area (Å²) in [5, 5.41) is 12.3. The first-order chi connectivity index (χ1) is 10.4. The molecule has 2 aliphatic heterocycles. The lowest BCUT2D eigenvalue weighted by atomic mass is 9.82. The second-order valence-corrected chi connectivity index (χ2v) is 6.10. The molecule has 1 fully saturated rings. The molecule has 5 nitrogen and oxygen atoms in total. The Morgan fingerprint density at radius 2 is 1.59 bits per heavy atom. The molecule has 0 aromatic heterocycles. The van der Waals surface area contributed by atoms with Crippen molar-refractivity contribution in [2.45, 2.75) is 33.0 Å². The van der Waals surface area contributed by atoms with Crippen LogP contribution < -0.4 is 5.32 Å². The fraction of sp³-hybridized carbons (Fsp3) is 0.412. The van der Waals surface area contributed by atoms with Gasteiger partial charge in [0.25, 0.3) is 0 Å². The van der Waals surface area contributed by atoms with Gasteiger partial charge in [-0.15, -0.1) is 0 Å². The summed E-state index contributed by atoms with van der Waals surface area (Å²) < 4.78 is 5.54. The van der Waals surface area contributed by atoms with Crippen LogP contribution in [0, 0.1) is 32.6 Å². The fourth-order valence-corrected chi connectivity index (χ4v) is 3.50. The number of carbonyl (C=O) groups excluding carboxylic acids is 1. The molecule has 0 unspecified atom stereocenters. The molecular formula is C17H19NO4. The van der Waals surface area contributed by atoms with Crippen molar-refractivity contribution >= 4 is 17.6 Å². The standard InChI is InChI=1S/C17H19NO4/c1-8-6-9(2)15(10(3)7-8)18-16(19)13-11-4-5-12(22-11)14(13)17(20)21/h4-7,11-14H,1-3H3,(H,18,19)(H,20,21)/t11-,12-,13+,14+/m1/s1.